The Labute approximate surface area is 250 Å². The molecule has 13 heteroatoms. The largest absolute Gasteiger partial charge is 0.496 e. The maximum absolute atomic E-state index is 12.7. The summed E-state index contributed by atoms with van der Waals surface area (Å²) in [4.78, 5) is 21.5. The van der Waals surface area contributed by atoms with E-state index in [1.807, 2.05) is 29.6 Å². The van der Waals surface area contributed by atoms with Crippen LogP contribution in [0.1, 0.15) is 17.5 Å². The molecule has 2 aromatic heterocycles. The van der Waals surface area contributed by atoms with Crippen LogP contribution in [-0.2, 0) is 4.79 Å². The molecule has 3 N–H and O–H groups in total. The summed E-state index contributed by atoms with van der Waals surface area (Å²) in [5.74, 6) is 1.73. The van der Waals surface area contributed by atoms with Gasteiger partial charge in [-0.05, 0) is 29.8 Å². The number of aromatic nitrogens is 2. The fraction of sp³-hybridized carbons (Fsp3) is 0.207. The molecule has 0 saturated heterocycles. The molecule has 2 heterocycles. The molecule has 0 atom stereocenters. The molecule has 4 rings (SSSR count). The third kappa shape index (κ3) is 6.17. The molecule has 0 aliphatic carbocycles. The first kappa shape index (κ1) is 30.0. The van der Waals surface area contributed by atoms with Crippen LogP contribution < -0.4 is 30.0 Å². The topological polar surface area (TPSA) is 165 Å². The second kappa shape index (κ2) is 13.6. The number of amides is 1. The molecule has 0 spiro atoms. The highest BCUT2D eigenvalue weighted by atomic mass is 32.2. The fourth-order valence-corrected chi connectivity index (χ4v) is 5.81. The van der Waals surface area contributed by atoms with E-state index in [2.05, 4.69) is 27.4 Å². The van der Waals surface area contributed by atoms with Crippen molar-refractivity contribution < 1.29 is 23.7 Å². The molecule has 0 aliphatic rings. The molecule has 0 radical (unpaired) electrons. The molecule has 214 valence electrons. The zero-order valence-corrected chi connectivity index (χ0v) is 24.8. The molecule has 42 heavy (non-hydrogen) atoms. The van der Waals surface area contributed by atoms with Crippen LogP contribution in [0.15, 0.2) is 46.8 Å². The molecule has 11 nitrogen and oxygen atoms in total. The maximum Gasteiger partial charge on any atom is 0.226 e. The van der Waals surface area contributed by atoms with Gasteiger partial charge in [0, 0.05) is 28.7 Å². The van der Waals surface area contributed by atoms with Crippen molar-refractivity contribution in [3.05, 3.63) is 52.9 Å². The second-order valence-corrected chi connectivity index (χ2v) is 10.4. The molecule has 0 saturated carbocycles. The van der Waals surface area contributed by atoms with E-state index in [4.69, 9.17) is 24.7 Å². The van der Waals surface area contributed by atoms with Crippen LogP contribution in [0.5, 0.6) is 23.0 Å². The zero-order valence-electron chi connectivity index (χ0n) is 23.2. The minimum absolute atomic E-state index is 0.0394. The number of nitrogen functional groups attached to an aromatic ring is 1. The summed E-state index contributed by atoms with van der Waals surface area (Å²) in [6.45, 7) is 0. The lowest BCUT2D eigenvalue weighted by atomic mass is 9.96. The SMILES string of the molecule is COc1ccccc1-c1csc(NC(=O)CCSc2nc(N)c(C#N)c(-c3cc(OC)c(OC)c(OC)c3)c2C#N)n1. The highest BCUT2D eigenvalue weighted by Gasteiger charge is 2.24. The monoisotopic (exact) mass is 602 g/mol. The third-order valence-corrected chi connectivity index (χ3v) is 7.81. The van der Waals surface area contributed by atoms with Crippen molar-refractivity contribution in [2.45, 2.75) is 11.4 Å². The number of thioether (sulfide) groups is 1. The van der Waals surface area contributed by atoms with E-state index in [9.17, 15) is 15.3 Å². The Morgan fingerprint density at radius 3 is 2.26 bits per heavy atom. The number of nitrogens with zero attached hydrogens (tertiary/aromatic N) is 4. The van der Waals surface area contributed by atoms with E-state index in [0.29, 0.717) is 44.4 Å². The number of rotatable bonds is 11. The van der Waals surface area contributed by atoms with Crippen molar-refractivity contribution >= 4 is 40.0 Å². The Morgan fingerprint density at radius 1 is 0.976 bits per heavy atom. The van der Waals surface area contributed by atoms with Gasteiger partial charge in [0.2, 0.25) is 11.7 Å². The van der Waals surface area contributed by atoms with Gasteiger partial charge in [-0.3, -0.25) is 4.79 Å². The number of anilines is 2. The van der Waals surface area contributed by atoms with E-state index in [-0.39, 0.29) is 40.6 Å². The normalized spacial score (nSPS) is 10.3. The van der Waals surface area contributed by atoms with Crippen molar-refractivity contribution in [3.63, 3.8) is 0 Å². The van der Waals surface area contributed by atoms with E-state index in [0.717, 1.165) is 5.56 Å². The van der Waals surface area contributed by atoms with Gasteiger partial charge < -0.3 is 30.0 Å². The van der Waals surface area contributed by atoms with Crippen LogP contribution in [0, 0.1) is 22.7 Å². The van der Waals surface area contributed by atoms with Crippen LogP contribution in [0.3, 0.4) is 0 Å². The van der Waals surface area contributed by atoms with Crippen molar-refractivity contribution in [1.82, 2.24) is 9.97 Å². The highest BCUT2D eigenvalue weighted by molar-refractivity contribution is 7.99. The first-order chi connectivity index (χ1) is 20.4. The number of benzene rings is 2. The number of thiazole rings is 1. The Kier molecular flexibility index (Phi) is 9.70. The van der Waals surface area contributed by atoms with Crippen LogP contribution in [0.25, 0.3) is 22.4 Å². The average molecular weight is 603 g/mol. The van der Waals surface area contributed by atoms with Gasteiger partial charge in [0.25, 0.3) is 0 Å². The second-order valence-electron chi connectivity index (χ2n) is 8.45. The molecule has 4 aromatic rings. The van der Waals surface area contributed by atoms with Gasteiger partial charge >= 0.3 is 0 Å². The average Bonchev–Trinajstić information content (AvgIpc) is 3.47. The molecule has 0 fully saturated rings. The summed E-state index contributed by atoms with van der Waals surface area (Å²) >= 11 is 2.49. The summed E-state index contributed by atoms with van der Waals surface area (Å²) in [7, 11) is 6.00. The minimum atomic E-state index is -0.256. The molecule has 0 bridgehead atoms. The maximum atomic E-state index is 12.7. The van der Waals surface area contributed by atoms with Crippen LogP contribution in [0.4, 0.5) is 10.9 Å². The predicted octanol–water partition coefficient (Wildman–Crippen LogP) is 5.35. The van der Waals surface area contributed by atoms with E-state index >= 15 is 0 Å². The zero-order chi connectivity index (χ0) is 30.2. The third-order valence-electron chi connectivity index (χ3n) is 6.07. The Morgan fingerprint density at radius 2 is 1.64 bits per heavy atom. The first-order valence-electron chi connectivity index (χ1n) is 12.3. The van der Waals surface area contributed by atoms with Gasteiger partial charge in [0.1, 0.15) is 34.3 Å². The number of pyridine rings is 1. The Hall–Kier alpha value is -4.98. The highest BCUT2D eigenvalue weighted by Crippen LogP contribution is 2.44. The number of hydrogen-bond acceptors (Lipinski definition) is 12. The quantitative estimate of drug-likeness (QED) is 0.212. The summed E-state index contributed by atoms with van der Waals surface area (Å²) in [6.07, 6.45) is 0.111. The number of hydrogen-bond donors (Lipinski definition) is 2. The predicted molar refractivity (Wildman–Crippen MR) is 161 cm³/mol. The van der Waals surface area contributed by atoms with Crippen molar-refractivity contribution in [3.8, 4) is 57.5 Å². The lowest BCUT2D eigenvalue weighted by Gasteiger charge is -2.17. The molecule has 0 aliphatic heterocycles. The molecule has 0 unspecified atom stereocenters. The molecular formula is C29H26N6O5S2. The summed E-state index contributed by atoms with van der Waals surface area (Å²) < 4.78 is 21.7. The van der Waals surface area contributed by atoms with Gasteiger partial charge in [-0.25, -0.2) is 9.97 Å². The minimum Gasteiger partial charge on any atom is -0.496 e. The number of methoxy groups -OCH3 is 4. The standard InChI is InChI=1S/C29H26N6O5S2/c1-37-21-8-6-5-7-17(21)20-15-42-29(33-20)34-24(36)9-10-41-28-19(14-31)25(18(13-30)27(32)35-28)16-11-22(38-2)26(40-4)23(12-16)39-3/h5-8,11-12,15H,9-10H2,1-4H3,(H2,32,35)(H,33,34,36). The Balaban J connectivity index is 1.55. The first-order valence-corrected chi connectivity index (χ1v) is 14.2. The van der Waals surface area contributed by atoms with Gasteiger partial charge in [-0.2, -0.15) is 10.5 Å². The van der Waals surface area contributed by atoms with E-state index < -0.39 is 0 Å². The molecular weight excluding hydrogens is 576 g/mol. The van der Waals surface area contributed by atoms with E-state index in [1.165, 1.54) is 44.4 Å². The summed E-state index contributed by atoms with van der Waals surface area (Å²) in [5, 5.41) is 25.4. The van der Waals surface area contributed by atoms with Crippen molar-refractivity contribution in [2.75, 3.05) is 45.2 Å². The van der Waals surface area contributed by atoms with Gasteiger partial charge in [-0.1, -0.05) is 12.1 Å². The van der Waals surface area contributed by atoms with Gasteiger partial charge in [0.15, 0.2) is 16.6 Å². The number of nitrogens with two attached hydrogens (primary N) is 1. The van der Waals surface area contributed by atoms with Crippen LogP contribution in [0.2, 0.25) is 0 Å². The lowest BCUT2D eigenvalue weighted by Crippen LogP contribution is -2.12. The van der Waals surface area contributed by atoms with E-state index in [1.54, 1.807) is 19.2 Å². The fourth-order valence-electron chi connectivity index (χ4n) is 4.15. The Bertz CT molecular complexity index is 1680. The van der Waals surface area contributed by atoms with Gasteiger partial charge in [-0.15, -0.1) is 23.1 Å². The van der Waals surface area contributed by atoms with Crippen molar-refractivity contribution in [2.24, 2.45) is 0 Å². The number of carbonyl (C=O) groups is 1. The molecule has 1 amide bonds. The molecule has 2 aromatic carbocycles. The number of nitrogens with one attached hydrogen (secondary N) is 1. The number of carbonyl (C=O) groups excluding carboxylic acids is 1. The smallest absolute Gasteiger partial charge is 0.226 e. The van der Waals surface area contributed by atoms with Crippen LogP contribution >= 0.6 is 23.1 Å². The number of para-hydroxylation sites is 1. The summed E-state index contributed by atoms with van der Waals surface area (Å²) in [5.41, 5.74) is 8.59. The van der Waals surface area contributed by atoms with Crippen molar-refractivity contribution in [1.29, 1.82) is 10.5 Å². The summed E-state index contributed by atoms with van der Waals surface area (Å²) in [6, 6.07) is 15.0. The number of nitriles is 2. The lowest BCUT2D eigenvalue weighted by molar-refractivity contribution is -0.115. The van der Waals surface area contributed by atoms with Crippen LogP contribution in [-0.4, -0.2) is 50.1 Å². The van der Waals surface area contributed by atoms with Gasteiger partial charge in [0.05, 0.1) is 39.7 Å². The number of ether oxygens (including phenoxy) is 4.